The van der Waals surface area contributed by atoms with E-state index in [1.807, 2.05) is 9.58 Å². The molecule has 5 aromatic rings. The molecule has 4 aromatic heterocycles. The van der Waals surface area contributed by atoms with Gasteiger partial charge in [0.15, 0.2) is 0 Å². The molecule has 8 nitrogen and oxygen atoms in total. The molecule has 0 saturated heterocycles. The number of benzene rings is 1. The van der Waals surface area contributed by atoms with Gasteiger partial charge in [0.2, 0.25) is 5.95 Å². The summed E-state index contributed by atoms with van der Waals surface area (Å²) in [6, 6.07) is 8.04. The number of aryl methyl sites for hydroxylation is 2. The number of aromatic amines is 1. The molecule has 0 unspecified atom stereocenters. The van der Waals surface area contributed by atoms with E-state index in [1.54, 1.807) is 12.3 Å². The number of para-hydroxylation sites is 1. The first-order chi connectivity index (χ1) is 18.8. The highest BCUT2D eigenvalue weighted by atomic mass is 35.5. The van der Waals surface area contributed by atoms with E-state index >= 15 is 0 Å². The minimum atomic E-state index is -4.50. The number of nitrogens with zero attached hydrogens (tertiary/aromatic N) is 7. The van der Waals surface area contributed by atoms with Crippen LogP contribution < -0.4 is 4.90 Å². The number of anilines is 1. The second-order valence-corrected chi connectivity index (χ2v) is 9.73. The van der Waals surface area contributed by atoms with Crippen LogP contribution in [0.4, 0.5) is 19.1 Å². The third-order valence-corrected chi connectivity index (χ3v) is 7.38. The van der Waals surface area contributed by atoms with Crippen molar-refractivity contribution in [3.05, 3.63) is 76.0 Å². The molecule has 0 spiro atoms. The van der Waals surface area contributed by atoms with Gasteiger partial charge >= 0.3 is 6.18 Å². The minimum absolute atomic E-state index is 0.225. The molecule has 0 radical (unpaired) electrons. The molecule has 39 heavy (non-hydrogen) atoms. The lowest BCUT2D eigenvalue weighted by atomic mass is 10.00. The van der Waals surface area contributed by atoms with Crippen LogP contribution in [0.15, 0.2) is 42.9 Å². The monoisotopic (exact) mass is 552 g/mol. The van der Waals surface area contributed by atoms with Crippen molar-refractivity contribution in [1.82, 2.24) is 34.9 Å². The Morgan fingerprint density at radius 1 is 1.03 bits per heavy atom. The van der Waals surface area contributed by atoms with Crippen LogP contribution in [0.5, 0.6) is 0 Å². The quantitative estimate of drug-likeness (QED) is 0.289. The van der Waals surface area contributed by atoms with Crippen molar-refractivity contribution in [2.24, 2.45) is 0 Å². The normalized spacial score (nSPS) is 13.7. The number of pyridine rings is 1. The van der Waals surface area contributed by atoms with Gasteiger partial charge in [0, 0.05) is 43.7 Å². The summed E-state index contributed by atoms with van der Waals surface area (Å²) in [6.07, 6.45) is 1.00. The van der Waals surface area contributed by atoms with Gasteiger partial charge in [0.05, 0.1) is 33.5 Å². The van der Waals surface area contributed by atoms with Crippen LogP contribution in [0.25, 0.3) is 28.0 Å². The van der Waals surface area contributed by atoms with Gasteiger partial charge in [-0.15, -0.1) is 0 Å². The fraction of sp³-hybridized carbons (Fsp3) is 0.296. The number of rotatable bonds is 5. The second kappa shape index (κ2) is 9.64. The Kier molecular flexibility index (Phi) is 6.25. The SMILES string of the molecule is CCc1cccc(CC)c1-n1nc2c(c1-c1nccc3n[nH]c(Cl)c13)CN(c1ncc(C(F)(F)F)cn1)CC2. The zero-order valence-corrected chi connectivity index (χ0v) is 22.0. The van der Waals surface area contributed by atoms with Crippen molar-refractivity contribution in [2.75, 3.05) is 11.4 Å². The lowest BCUT2D eigenvalue weighted by molar-refractivity contribution is -0.138. The summed E-state index contributed by atoms with van der Waals surface area (Å²) >= 11 is 6.56. The zero-order chi connectivity index (χ0) is 27.3. The van der Waals surface area contributed by atoms with E-state index < -0.39 is 11.7 Å². The molecular formula is C27H24ClF3N8. The van der Waals surface area contributed by atoms with Gasteiger partial charge in [-0.05, 0) is 30.0 Å². The summed E-state index contributed by atoms with van der Waals surface area (Å²) in [6.45, 7) is 5.07. The topological polar surface area (TPSA) is 88.4 Å². The Balaban J connectivity index is 1.56. The molecular weight excluding hydrogens is 529 g/mol. The standard InChI is InChI=1S/C27H24ClF3N8/c1-3-15-6-5-7-16(4-2)23(15)39-24(22-21-20(8-10-32-22)35-36-25(21)28)18-14-38(11-9-19(18)37-39)26-33-12-17(13-34-26)27(29,30)31/h5-8,10,12-13H,3-4,9,11,14H2,1-2H3,(H,35,36). The highest BCUT2D eigenvalue weighted by molar-refractivity contribution is 6.35. The Bertz CT molecular complexity index is 1650. The Labute approximate surface area is 226 Å². The summed E-state index contributed by atoms with van der Waals surface area (Å²) in [5.41, 5.74) is 6.26. The van der Waals surface area contributed by atoms with Crippen molar-refractivity contribution < 1.29 is 13.2 Å². The summed E-state index contributed by atoms with van der Waals surface area (Å²) < 4.78 is 41.2. The molecule has 12 heteroatoms. The first-order valence-corrected chi connectivity index (χ1v) is 13.0. The van der Waals surface area contributed by atoms with E-state index in [2.05, 4.69) is 52.2 Å². The van der Waals surface area contributed by atoms with E-state index in [1.165, 1.54) is 0 Å². The number of alkyl halides is 3. The minimum Gasteiger partial charge on any atom is -0.336 e. The third kappa shape index (κ3) is 4.30. The molecule has 0 atom stereocenters. The second-order valence-electron chi connectivity index (χ2n) is 9.35. The predicted molar refractivity (Wildman–Crippen MR) is 142 cm³/mol. The van der Waals surface area contributed by atoms with Gasteiger partial charge in [0.1, 0.15) is 10.8 Å². The van der Waals surface area contributed by atoms with Crippen LogP contribution in [-0.4, -0.2) is 41.5 Å². The van der Waals surface area contributed by atoms with E-state index in [-0.39, 0.29) is 5.95 Å². The summed E-state index contributed by atoms with van der Waals surface area (Å²) in [5, 5.41) is 13.3. The molecule has 0 saturated carbocycles. The fourth-order valence-corrected chi connectivity index (χ4v) is 5.40. The highest BCUT2D eigenvalue weighted by Crippen LogP contribution is 2.39. The molecule has 6 rings (SSSR count). The van der Waals surface area contributed by atoms with E-state index in [4.69, 9.17) is 21.7 Å². The van der Waals surface area contributed by atoms with Gasteiger partial charge < -0.3 is 4.90 Å². The van der Waals surface area contributed by atoms with Gasteiger partial charge in [-0.3, -0.25) is 10.1 Å². The van der Waals surface area contributed by atoms with Crippen molar-refractivity contribution in [3.63, 3.8) is 0 Å². The maximum atomic E-state index is 13.1. The molecule has 1 aliphatic rings. The summed E-state index contributed by atoms with van der Waals surface area (Å²) in [7, 11) is 0. The van der Waals surface area contributed by atoms with Crippen molar-refractivity contribution >= 4 is 28.5 Å². The van der Waals surface area contributed by atoms with Crippen LogP contribution >= 0.6 is 11.6 Å². The zero-order valence-electron chi connectivity index (χ0n) is 21.2. The number of hydrogen-bond acceptors (Lipinski definition) is 6. The van der Waals surface area contributed by atoms with E-state index in [0.717, 1.165) is 59.0 Å². The molecule has 1 aromatic carbocycles. The Morgan fingerprint density at radius 2 is 1.74 bits per heavy atom. The lowest BCUT2D eigenvalue weighted by Gasteiger charge is -2.27. The van der Waals surface area contributed by atoms with Crippen molar-refractivity contribution in [3.8, 4) is 17.1 Å². The third-order valence-electron chi connectivity index (χ3n) is 7.11. The van der Waals surface area contributed by atoms with Crippen LogP contribution in [-0.2, 0) is 32.0 Å². The number of H-pyrrole nitrogens is 1. The van der Waals surface area contributed by atoms with Gasteiger partial charge in [-0.25, -0.2) is 14.6 Å². The maximum absolute atomic E-state index is 13.1. The Morgan fingerprint density at radius 3 is 2.41 bits per heavy atom. The number of halogens is 4. The number of fused-ring (bicyclic) bond motifs is 2. The molecule has 200 valence electrons. The average Bonchev–Trinajstić information content (AvgIpc) is 3.52. The van der Waals surface area contributed by atoms with E-state index in [0.29, 0.717) is 41.3 Å². The largest absolute Gasteiger partial charge is 0.419 e. The van der Waals surface area contributed by atoms with Crippen molar-refractivity contribution in [1.29, 1.82) is 0 Å². The molecule has 0 bridgehead atoms. The Hall–Kier alpha value is -3.99. The van der Waals surface area contributed by atoms with Crippen molar-refractivity contribution in [2.45, 2.75) is 45.8 Å². The van der Waals surface area contributed by atoms with Gasteiger partial charge in [-0.1, -0.05) is 43.6 Å². The molecule has 1 N–H and O–H groups in total. The molecule has 1 aliphatic heterocycles. The molecule has 0 amide bonds. The van der Waals surface area contributed by atoms with Crippen LogP contribution in [0, 0.1) is 0 Å². The smallest absolute Gasteiger partial charge is 0.336 e. The average molecular weight is 553 g/mol. The number of aromatic nitrogens is 7. The van der Waals surface area contributed by atoms with E-state index in [9.17, 15) is 13.2 Å². The van der Waals surface area contributed by atoms with Crippen LogP contribution in [0.1, 0.15) is 41.8 Å². The number of hydrogen-bond donors (Lipinski definition) is 1. The lowest BCUT2D eigenvalue weighted by Crippen LogP contribution is -2.31. The fourth-order valence-electron chi connectivity index (χ4n) is 5.17. The molecule has 5 heterocycles. The van der Waals surface area contributed by atoms with Gasteiger partial charge in [-0.2, -0.15) is 23.4 Å². The first kappa shape index (κ1) is 25.3. The summed E-state index contributed by atoms with van der Waals surface area (Å²) in [5.74, 6) is 0.225. The summed E-state index contributed by atoms with van der Waals surface area (Å²) in [4.78, 5) is 14.7. The molecule has 0 fully saturated rings. The number of nitrogens with one attached hydrogen (secondary N) is 1. The molecule has 0 aliphatic carbocycles. The van der Waals surface area contributed by atoms with Crippen LogP contribution in [0.2, 0.25) is 5.15 Å². The predicted octanol–water partition coefficient (Wildman–Crippen LogP) is 5.96. The highest BCUT2D eigenvalue weighted by Gasteiger charge is 2.33. The van der Waals surface area contributed by atoms with Crippen LogP contribution in [0.3, 0.4) is 0 Å². The van der Waals surface area contributed by atoms with Gasteiger partial charge in [0.25, 0.3) is 0 Å². The maximum Gasteiger partial charge on any atom is 0.419 e. The first-order valence-electron chi connectivity index (χ1n) is 12.6.